The Hall–Kier alpha value is -0.780. The first-order valence-corrected chi connectivity index (χ1v) is 7.89. The molecule has 1 atom stereocenters. The van der Waals surface area contributed by atoms with Gasteiger partial charge in [0, 0.05) is 10.5 Å². The standard InChI is InChI=1S/C10H10Br2N2O3S/c1-6(5-13)18(15,16)14-9-4-10(17-2)8(12)3-7(9)11/h3-4,6,14H,1-2H3. The topological polar surface area (TPSA) is 79.2 Å². The van der Waals surface area contributed by atoms with Crippen LogP contribution in [0.3, 0.4) is 0 Å². The van der Waals surface area contributed by atoms with E-state index in [9.17, 15) is 8.42 Å². The van der Waals surface area contributed by atoms with Crippen LogP contribution in [0.2, 0.25) is 0 Å². The van der Waals surface area contributed by atoms with E-state index in [0.717, 1.165) is 0 Å². The molecule has 0 aliphatic heterocycles. The number of hydrogen-bond acceptors (Lipinski definition) is 4. The van der Waals surface area contributed by atoms with Crippen LogP contribution in [0.15, 0.2) is 21.1 Å². The van der Waals surface area contributed by atoms with Crippen molar-refractivity contribution in [1.82, 2.24) is 0 Å². The lowest BCUT2D eigenvalue weighted by Gasteiger charge is -2.13. The van der Waals surface area contributed by atoms with Gasteiger partial charge in [-0.1, -0.05) is 0 Å². The summed E-state index contributed by atoms with van der Waals surface area (Å²) in [4.78, 5) is 0. The minimum atomic E-state index is -3.74. The van der Waals surface area contributed by atoms with Gasteiger partial charge in [0.2, 0.25) is 10.0 Å². The first-order chi connectivity index (χ1) is 8.31. The van der Waals surface area contributed by atoms with Crippen LogP contribution in [-0.2, 0) is 10.0 Å². The highest BCUT2D eigenvalue weighted by Gasteiger charge is 2.21. The maximum atomic E-state index is 11.8. The van der Waals surface area contributed by atoms with Crippen LogP contribution in [0.4, 0.5) is 5.69 Å². The van der Waals surface area contributed by atoms with Crippen molar-refractivity contribution in [1.29, 1.82) is 5.26 Å². The van der Waals surface area contributed by atoms with Gasteiger partial charge < -0.3 is 4.74 Å². The molecule has 1 N–H and O–H groups in total. The Morgan fingerprint density at radius 3 is 2.50 bits per heavy atom. The van der Waals surface area contributed by atoms with Gasteiger partial charge in [-0.05, 0) is 44.8 Å². The van der Waals surface area contributed by atoms with Crippen molar-refractivity contribution in [3.63, 3.8) is 0 Å². The molecule has 1 aromatic rings. The fourth-order valence-electron chi connectivity index (χ4n) is 1.07. The molecule has 0 aromatic heterocycles. The highest BCUT2D eigenvalue weighted by atomic mass is 79.9. The molecule has 5 nitrogen and oxygen atoms in total. The average Bonchev–Trinajstić information content (AvgIpc) is 2.31. The minimum absolute atomic E-state index is 0.317. The summed E-state index contributed by atoms with van der Waals surface area (Å²) in [5.74, 6) is 0.487. The Morgan fingerprint density at radius 1 is 1.39 bits per heavy atom. The number of halogens is 2. The molecule has 0 radical (unpaired) electrons. The van der Waals surface area contributed by atoms with Crippen molar-refractivity contribution in [2.75, 3.05) is 11.8 Å². The van der Waals surface area contributed by atoms with Crippen molar-refractivity contribution in [3.05, 3.63) is 21.1 Å². The number of nitrogens with one attached hydrogen (secondary N) is 1. The van der Waals surface area contributed by atoms with Crippen LogP contribution in [-0.4, -0.2) is 20.8 Å². The molecule has 8 heteroatoms. The van der Waals surface area contributed by atoms with Crippen molar-refractivity contribution >= 4 is 47.6 Å². The van der Waals surface area contributed by atoms with Gasteiger partial charge in [-0.2, -0.15) is 5.26 Å². The molecule has 0 aliphatic rings. The van der Waals surface area contributed by atoms with Gasteiger partial charge in [0.15, 0.2) is 5.25 Å². The third-order valence-corrected chi connectivity index (χ3v) is 4.96. The zero-order valence-corrected chi connectivity index (χ0v) is 13.6. The van der Waals surface area contributed by atoms with Crippen molar-refractivity contribution < 1.29 is 13.2 Å². The predicted molar refractivity (Wildman–Crippen MR) is 76.0 cm³/mol. The smallest absolute Gasteiger partial charge is 0.248 e. The molecule has 0 amide bonds. The summed E-state index contributed by atoms with van der Waals surface area (Å²) in [6.45, 7) is 1.31. The van der Waals surface area contributed by atoms with Gasteiger partial charge in [-0.3, -0.25) is 4.72 Å². The van der Waals surface area contributed by atoms with Gasteiger partial charge in [0.05, 0.1) is 23.3 Å². The van der Waals surface area contributed by atoms with Gasteiger partial charge in [0.25, 0.3) is 0 Å². The Labute approximate surface area is 122 Å². The van der Waals surface area contributed by atoms with Crippen LogP contribution in [0.25, 0.3) is 0 Å². The summed E-state index contributed by atoms with van der Waals surface area (Å²) in [5, 5.41) is 7.51. The third kappa shape index (κ3) is 3.37. The number of nitrogens with zero attached hydrogens (tertiary/aromatic N) is 1. The third-order valence-electron chi connectivity index (χ3n) is 2.14. The van der Waals surface area contributed by atoms with Crippen LogP contribution >= 0.6 is 31.9 Å². The monoisotopic (exact) mass is 396 g/mol. The number of nitriles is 1. The summed E-state index contributed by atoms with van der Waals surface area (Å²) in [6.07, 6.45) is 0. The van der Waals surface area contributed by atoms with E-state index in [2.05, 4.69) is 36.6 Å². The first kappa shape index (κ1) is 15.3. The maximum absolute atomic E-state index is 11.8. The second-order valence-electron chi connectivity index (χ2n) is 3.38. The number of hydrogen-bond donors (Lipinski definition) is 1. The summed E-state index contributed by atoms with van der Waals surface area (Å²) < 4.78 is 32.2. The molecule has 1 aromatic carbocycles. The molecule has 18 heavy (non-hydrogen) atoms. The molecule has 0 saturated carbocycles. The molecule has 0 fully saturated rings. The highest BCUT2D eigenvalue weighted by molar-refractivity contribution is 9.11. The lowest BCUT2D eigenvalue weighted by Crippen LogP contribution is -2.24. The Morgan fingerprint density at radius 2 is 2.00 bits per heavy atom. The lowest BCUT2D eigenvalue weighted by molar-refractivity contribution is 0.412. The number of anilines is 1. The van der Waals surface area contributed by atoms with Crippen LogP contribution in [0.1, 0.15) is 6.92 Å². The van der Waals surface area contributed by atoms with E-state index in [0.29, 0.717) is 20.4 Å². The molecule has 0 heterocycles. The Balaban J connectivity index is 3.17. The molecule has 98 valence electrons. The summed E-state index contributed by atoms with van der Waals surface area (Å²) in [6, 6.07) is 4.86. The van der Waals surface area contributed by atoms with E-state index >= 15 is 0 Å². The van der Waals surface area contributed by atoms with E-state index < -0.39 is 15.3 Å². The number of rotatable bonds is 4. The molecule has 1 unspecified atom stereocenters. The van der Waals surface area contributed by atoms with E-state index in [1.54, 1.807) is 12.1 Å². The predicted octanol–water partition coefficient (Wildman–Crippen LogP) is 2.87. The fourth-order valence-corrected chi connectivity index (χ4v) is 3.25. The Kier molecular flexibility index (Phi) is 5.01. The molecule has 1 rings (SSSR count). The average molecular weight is 398 g/mol. The second-order valence-corrected chi connectivity index (χ2v) is 7.09. The van der Waals surface area contributed by atoms with Crippen molar-refractivity contribution in [2.24, 2.45) is 0 Å². The largest absolute Gasteiger partial charge is 0.495 e. The van der Waals surface area contributed by atoms with Crippen molar-refractivity contribution in [2.45, 2.75) is 12.2 Å². The second kappa shape index (κ2) is 5.91. The summed E-state index contributed by atoms with van der Waals surface area (Å²) in [7, 11) is -2.26. The normalized spacial score (nSPS) is 12.6. The van der Waals surface area contributed by atoms with Gasteiger partial charge in [-0.25, -0.2) is 8.42 Å². The summed E-state index contributed by atoms with van der Waals surface area (Å²) >= 11 is 6.52. The minimum Gasteiger partial charge on any atom is -0.495 e. The van der Waals surface area contributed by atoms with E-state index in [1.165, 1.54) is 20.1 Å². The van der Waals surface area contributed by atoms with E-state index in [4.69, 9.17) is 10.00 Å². The molecular formula is C10H10Br2N2O3S. The quantitative estimate of drug-likeness (QED) is 0.846. The molecule has 0 spiro atoms. The lowest BCUT2D eigenvalue weighted by atomic mass is 10.3. The maximum Gasteiger partial charge on any atom is 0.248 e. The molecule has 0 saturated heterocycles. The Bertz CT molecular complexity index is 596. The first-order valence-electron chi connectivity index (χ1n) is 4.76. The molecular weight excluding hydrogens is 388 g/mol. The SMILES string of the molecule is COc1cc(NS(=O)(=O)C(C)C#N)c(Br)cc1Br. The van der Waals surface area contributed by atoms with Gasteiger partial charge >= 0.3 is 0 Å². The van der Waals surface area contributed by atoms with E-state index in [-0.39, 0.29) is 0 Å². The number of ether oxygens (including phenoxy) is 1. The van der Waals surface area contributed by atoms with Crippen molar-refractivity contribution in [3.8, 4) is 11.8 Å². The molecule has 0 bridgehead atoms. The van der Waals surface area contributed by atoms with Crippen LogP contribution < -0.4 is 9.46 Å². The molecule has 0 aliphatic carbocycles. The van der Waals surface area contributed by atoms with E-state index in [1.807, 2.05) is 0 Å². The summed E-state index contributed by atoms with van der Waals surface area (Å²) in [5.41, 5.74) is 0.317. The number of benzene rings is 1. The fraction of sp³-hybridized carbons (Fsp3) is 0.300. The van der Waals surface area contributed by atoms with Crippen LogP contribution in [0.5, 0.6) is 5.75 Å². The van der Waals surface area contributed by atoms with Crippen LogP contribution in [0, 0.1) is 11.3 Å². The number of sulfonamides is 1. The number of methoxy groups -OCH3 is 1. The van der Waals surface area contributed by atoms with Gasteiger partial charge in [0.1, 0.15) is 5.75 Å². The zero-order valence-electron chi connectivity index (χ0n) is 9.57. The highest BCUT2D eigenvalue weighted by Crippen LogP contribution is 2.35. The zero-order chi connectivity index (χ0) is 13.9. The van der Waals surface area contributed by atoms with Gasteiger partial charge in [-0.15, -0.1) is 0 Å².